The maximum Gasteiger partial charge on any atom is 0.254 e. The summed E-state index contributed by atoms with van der Waals surface area (Å²) in [7, 11) is 0. The molecule has 2 rings (SSSR count). The topological polar surface area (TPSA) is 46.3 Å². The minimum absolute atomic E-state index is 0.0557. The molecule has 0 atom stereocenters. The third-order valence-corrected chi connectivity index (χ3v) is 3.50. The standard InChI is InChI=1S/C18H22N2O/c1-3-12-20(13-16-6-4-5-7-17(16)19)18(21)15-10-8-14(2)9-11-15/h4-11H,3,12-13,19H2,1-2H3. The van der Waals surface area contributed by atoms with E-state index in [4.69, 9.17) is 5.73 Å². The van der Waals surface area contributed by atoms with Crippen LogP contribution in [0.2, 0.25) is 0 Å². The smallest absolute Gasteiger partial charge is 0.254 e. The molecule has 0 aromatic heterocycles. The Bertz CT molecular complexity index is 605. The number of nitrogen functional groups attached to an aromatic ring is 1. The van der Waals surface area contributed by atoms with E-state index in [-0.39, 0.29) is 5.91 Å². The summed E-state index contributed by atoms with van der Waals surface area (Å²) in [5.74, 6) is 0.0557. The lowest BCUT2D eigenvalue weighted by atomic mass is 10.1. The van der Waals surface area contributed by atoms with Gasteiger partial charge in [0.05, 0.1) is 0 Å². The van der Waals surface area contributed by atoms with Crippen molar-refractivity contribution in [3.63, 3.8) is 0 Å². The highest BCUT2D eigenvalue weighted by atomic mass is 16.2. The van der Waals surface area contributed by atoms with Crippen LogP contribution in [0.4, 0.5) is 5.69 Å². The first-order valence-corrected chi connectivity index (χ1v) is 7.31. The van der Waals surface area contributed by atoms with E-state index in [1.807, 2.05) is 60.4 Å². The van der Waals surface area contributed by atoms with Crippen molar-refractivity contribution in [2.45, 2.75) is 26.8 Å². The van der Waals surface area contributed by atoms with Crippen LogP contribution in [0.3, 0.4) is 0 Å². The summed E-state index contributed by atoms with van der Waals surface area (Å²) < 4.78 is 0. The molecule has 0 bridgehead atoms. The Morgan fingerprint density at radius 3 is 2.38 bits per heavy atom. The van der Waals surface area contributed by atoms with Crippen molar-refractivity contribution < 1.29 is 4.79 Å². The van der Waals surface area contributed by atoms with Gasteiger partial charge in [0.2, 0.25) is 0 Å². The maximum atomic E-state index is 12.6. The molecule has 21 heavy (non-hydrogen) atoms. The zero-order valence-electron chi connectivity index (χ0n) is 12.7. The summed E-state index contributed by atoms with van der Waals surface area (Å²) >= 11 is 0. The molecule has 0 aliphatic rings. The lowest BCUT2D eigenvalue weighted by Gasteiger charge is -2.23. The van der Waals surface area contributed by atoms with Gasteiger partial charge in [-0.25, -0.2) is 0 Å². The van der Waals surface area contributed by atoms with Crippen LogP contribution < -0.4 is 5.73 Å². The van der Waals surface area contributed by atoms with Crippen LogP contribution in [0.5, 0.6) is 0 Å². The second-order valence-electron chi connectivity index (χ2n) is 5.29. The Morgan fingerprint density at radius 1 is 1.10 bits per heavy atom. The maximum absolute atomic E-state index is 12.6. The lowest BCUT2D eigenvalue weighted by molar-refractivity contribution is 0.0743. The second-order valence-corrected chi connectivity index (χ2v) is 5.29. The Balaban J connectivity index is 2.20. The molecule has 0 aliphatic carbocycles. The molecule has 0 saturated carbocycles. The molecule has 0 fully saturated rings. The van der Waals surface area contributed by atoms with Gasteiger partial charge in [-0.2, -0.15) is 0 Å². The molecular weight excluding hydrogens is 260 g/mol. The molecular formula is C18H22N2O. The third-order valence-electron chi connectivity index (χ3n) is 3.50. The van der Waals surface area contributed by atoms with Crippen molar-refractivity contribution in [1.29, 1.82) is 0 Å². The van der Waals surface area contributed by atoms with Gasteiger partial charge in [0.1, 0.15) is 0 Å². The van der Waals surface area contributed by atoms with Crippen molar-refractivity contribution in [1.82, 2.24) is 4.90 Å². The Labute approximate surface area is 126 Å². The van der Waals surface area contributed by atoms with Gasteiger partial charge < -0.3 is 10.6 Å². The summed E-state index contributed by atoms with van der Waals surface area (Å²) in [6.45, 7) is 5.36. The SMILES string of the molecule is CCCN(Cc1ccccc1N)C(=O)c1ccc(C)cc1. The monoisotopic (exact) mass is 282 g/mol. The highest BCUT2D eigenvalue weighted by molar-refractivity contribution is 5.94. The molecule has 0 spiro atoms. The number of nitrogens with zero attached hydrogens (tertiary/aromatic N) is 1. The molecule has 110 valence electrons. The average molecular weight is 282 g/mol. The van der Waals surface area contributed by atoms with Gasteiger partial charge in [-0.15, -0.1) is 0 Å². The van der Waals surface area contributed by atoms with E-state index in [0.717, 1.165) is 35.3 Å². The van der Waals surface area contributed by atoms with E-state index < -0.39 is 0 Å². The van der Waals surface area contributed by atoms with Crippen molar-refractivity contribution in [2.75, 3.05) is 12.3 Å². The Hall–Kier alpha value is -2.29. The number of rotatable bonds is 5. The molecule has 3 nitrogen and oxygen atoms in total. The predicted octanol–water partition coefficient (Wildman–Crippen LogP) is 3.63. The Morgan fingerprint density at radius 2 is 1.76 bits per heavy atom. The van der Waals surface area contributed by atoms with E-state index in [2.05, 4.69) is 6.92 Å². The molecule has 0 unspecified atom stereocenters. The molecule has 2 aromatic rings. The predicted molar refractivity (Wildman–Crippen MR) is 87.1 cm³/mol. The normalized spacial score (nSPS) is 10.4. The number of hydrogen-bond acceptors (Lipinski definition) is 2. The van der Waals surface area contributed by atoms with Gasteiger partial charge in [0.15, 0.2) is 0 Å². The summed E-state index contributed by atoms with van der Waals surface area (Å²) in [4.78, 5) is 14.5. The fraction of sp³-hybridized carbons (Fsp3) is 0.278. The van der Waals surface area contributed by atoms with Crippen LogP contribution >= 0.6 is 0 Å². The quantitative estimate of drug-likeness (QED) is 0.851. The number of amides is 1. The summed E-state index contributed by atoms with van der Waals surface area (Å²) in [6.07, 6.45) is 0.921. The number of nitrogens with two attached hydrogens (primary N) is 1. The van der Waals surface area contributed by atoms with Gasteiger partial charge in [-0.3, -0.25) is 4.79 Å². The molecule has 0 saturated heterocycles. The van der Waals surface area contributed by atoms with Crippen molar-refractivity contribution in [3.8, 4) is 0 Å². The summed E-state index contributed by atoms with van der Waals surface area (Å²) in [5.41, 5.74) is 9.59. The highest BCUT2D eigenvalue weighted by Crippen LogP contribution is 2.16. The molecule has 3 heteroatoms. The third kappa shape index (κ3) is 3.85. The summed E-state index contributed by atoms with van der Waals surface area (Å²) in [5, 5.41) is 0. The van der Waals surface area contributed by atoms with E-state index in [9.17, 15) is 4.79 Å². The van der Waals surface area contributed by atoms with Crippen molar-refractivity contribution >= 4 is 11.6 Å². The lowest BCUT2D eigenvalue weighted by Crippen LogP contribution is -2.31. The molecule has 2 N–H and O–H groups in total. The van der Waals surface area contributed by atoms with Crippen LogP contribution in [0.15, 0.2) is 48.5 Å². The minimum Gasteiger partial charge on any atom is -0.398 e. The van der Waals surface area contributed by atoms with Crippen LogP contribution in [0.25, 0.3) is 0 Å². The van der Waals surface area contributed by atoms with Gasteiger partial charge in [0, 0.05) is 24.3 Å². The molecule has 0 aliphatic heterocycles. The van der Waals surface area contributed by atoms with Gasteiger partial charge >= 0.3 is 0 Å². The first-order valence-electron chi connectivity index (χ1n) is 7.31. The van der Waals surface area contributed by atoms with Crippen LogP contribution in [0.1, 0.15) is 34.8 Å². The first-order chi connectivity index (χ1) is 10.1. The average Bonchev–Trinajstić information content (AvgIpc) is 2.49. The summed E-state index contributed by atoms with van der Waals surface area (Å²) in [6, 6.07) is 15.4. The second kappa shape index (κ2) is 6.93. The van der Waals surface area contributed by atoms with Gasteiger partial charge in [-0.1, -0.05) is 42.8 Å². The molecule has 0 radical (unpaired) electrons. The van der Waals surface area contributed by atoms with E-state index in [1.165, 1.54) is 0 Å². The number of anilines is 1. The molecule has 2 aromatic carbocycles. The van der Waals surface area contributed by atoms with Crippen molar-refractivity contribution in [3.05, 3.63) is 65.2 Å². The minimum atomic E-state index is 0.0557. The van der Waals surface area contributed by atoms with E-state index in [1.54, 1.807) is 0 Å². The number of carbonyl (C=O) groups is 1. The van der Waals surface area contributed by atoms with E-state index in [0.29, 0.717) is 6.54 Å². The highest BCUT2D eigenvalue weighted by Gasteiger charge is 2.16. The first kappa shape index (κ1) is 15.1. The van der Waals surface area contributed by atoms with Crippen LogP contribution in [0, 0.1) is 6.92 Å². The van der Waals surface area contributed by atoms with E-state index >= 15 is 0 Å². The molecule has 0 heterocycles. The fourth-order valence-corrected chi connectivity index (χ4v) is 2.28. The Kier molecular flexibility index (Phi) is 4.99. The fourth-order valence-electron chi connectivity index (χ4n) is 2.28. The van der Waals surface area contributed by atoms with Crippen LogP contribution in [-0.2, 0) is 6.54 Å². The van der Waals surface area contributed by atoms with Crippen LogP contribution in [-0.4, -0.2) is 17.4 Å². The van der Waals surface area contributed by atoms with Crippen molar-refractivity contribution in [2.24, 2.45) is 0 Å². The number of aryl methyl sites for hydroxylation is 1. The number of benzene rings is 2. The van der Waals surface area contributed by atoms with Gasteiger partial charge in [-0.05, 0) is 37.1 Å². The zero-order valence-corrected chi connectivity index (χ0v) is 12.7. The number of hydrogen-bond donors (Lipinski definition) is 1. The number of para-hydroxylation sites is 1. The van der Waals surface area contributed by atoms with Gasteiger partial charge in [0.25, 0.3) is 5.91 Å². The zero-order chi connectivity index (χ0) is 15.2. The largest absolute Gasteiger partial charge is 0.398 e. The molecule has 1 amide bonds. The number of carbonyl (C=O) groups excluding carboxylic acids is 1.